The summed E-state index contributed by atoms with van der Waals surface area (Å²) in [6.45, 7) is 1.07. The highest BCUT2D eigenvalue weighted by Gasteiger charge is 2.17. The fraction of sp³-hybridized carbons (Fsp3) is 0.357. The number of hydrogen-bond donors (Lipinski definition) is 0. The van der Waals surface area contributed by atoms with E-state index in [0.717, 1.165) is 30.1 Å². The molecular weight excluding hydrogens is 212 g/mol. The minimum absolute atomic E-state index is 0.895. The minimum Gasteiger partial charge on any atom is -0.496 e. The maximum absolute atomic E-state index is 5.41. The monoisotopic (exact) mass is 228 g/mol. The Hall–Kier alpha value is -1.77. The topological polar surface area (TPSA) is 27.1 Å². The molecule has 1 aliphatic rings. The van der Waals surface area contributed by atoms with Gasteiger partial charge in [0, 0.05) is 18.4 Å². The van der Waals surface area contributed by atoms with Crippen molar-refractivity contribution < 1.29 is 4.74 Å². The van der Waals surface area contributed by atoms with Gasteiger partial charge < -0.3 is 9.30 Å². The molecule has 0 amide bonds. The lowest BCUT2D eigenvalue weighted by molar-refractivity contribution is 0.415. The number of ether oxygens (including phenoxy) is 1. The zero-order valence-corrected chi connectivity index (χ0v) is 10.0. The molecule has 2 aromatic rings. The highest BCUT2D eigenvalue weighted by Crippen LogP contribution is 2.31. The summed E-state index contributed by atoms with van der Waals surface area (Å²) in [7, 11) is 1.71. The van der Waals surface area contributed by atoms with Crippen molar-refractivity contribution in [3.8, 4) is 17.1 Å². The summed E-state index contributed by atoms with van der Waals surface area (Å²) < 4.78 is 7.73. The van der Waals surface area contributed by atoms with Crippen molar-refractivity contribution in [2.45, 2.75) is 25.8 Å². The third-order valence-corrected chi connectivity index (χ3v) is 3.35. The Labute approximate surface area is 101 Å². The number of aryl methyl sites for hydroxylation is 1. The van der Waals surface area contributed by atoms with E-state index < -0.39 is 0 Å². The predicted molar refractivity (Wildman–Crippen MR) is 67.2 cm³/mol. The second-order valence-corrected chi connectivity index (χ2v) is 4.38. The molecule has 1 aromatic carbocycles. The molecule has 3 nitrogen and oxygen atoms in total. The summed E-state index contributed by atoms with van der Waals surface area (Å²) in [6, 6.07) is 8.08. The SMILES string of the molecule is COc1ccccc1-c1ncc2n1CCCC2. The number of rotatable bonds is 2. The van der Waals surface area contributed by atoms with Crippen LogP contribution < -0.4 is 4.74 Å². The second kappa shape index (κ2) is 4.24. The van der Waals surface area contributed by atoms with Gasteiger partial charge in [0.1, 0.15) is 11.6 Å². The molecule has 0 saturated carbocycles. The average Bonchev–Trinajstić information content (AvgIpc) is 2.82. The number of benzene rings is 1. The van der Waals surface area contributed by atoms with Crippen LogP contribution in [0.5, 0.6) is 5.75 Å². The number of para-hydroxylation sites is 1. The first-order valence-corrected chi connectivity index (χ1v) is 6.08. The van der Waals surface area contributed by atoms with Crippen LogP contribution in [0.4, 0.5) is 0 Å². The van der Waals surface area contributed by atoms with Crippen molar-refractivity contribution in [2.75, 3.05) is 7.11 Å². The van der Waals surface area contributed by atoms with Crippen LogP contribution in [0.3, 0.4) is 0 Å². The van der Waals surface area contributed by atoms with E-state index in [0.29, 0.717) is 0 Å². The van der Waals surface area contributed by atoms with Crippen LogP contribution in [0, 0.1) is 0 Å². The van der Waals surface area contributed by atoms with E-state index in [2.05, 4.69) is 15.6 Å². The van der Waals surface area contributed by atoms with Crippen molar-refractivity contribution in [3.63, 3.8) is 0 Å². The Morgan fingerprint density at radius 3 is 3.00 bits per heavy atom. The molecule has 0 fully saturated rings. The number of nitrogens with zero attached hydrogens (tertiary/aromatic N) is 2. The molecule has 3 heteroatoms. The molecule has 17 heavy (non-hydrogen) atoms. The average molecular weight is 228 g/mol. The van der Waals surface area contributed by atoms with Crippen LogP contribution >= 0.6 is 0 Å². The van der Waals surface area contributed by atoms with Crippen molar-refractivity contribution >= 4 is 0 Å². The second-order valence-electron chi connectivity index (χ2n) is 4.38. The molecule has 0 N–H and O–H groups in total. The summed E-state index contributed by atoms with van der Waals surface area (Å²) in [5.74, 6) is 1.93. The third kappa shape index (κ3) is 1.71. The van der Waals surface area contributed by atoms with Crippen LogP contribution in [-0.2, 0) is 13.0 Å². The first-order valence-electron chi connectivity index (χ1n) is 6.08. The fourth-order valence-corrected chi connectivity index (χ4v) is 2.48. The summed E-state index contributed by atoms with van der Waals surface area (Å²) in [4.78, 5) is 4.56. The van der Waals surface area contributed by atoms with Gasteiger partial charge >= 0.3 is 0 Å². The van der Waals surface area contributed by atoms with Gasteiger partial charge in [0.05, 0.1) is 12.7 Å². The highest BCUT2D eigenvalue weighted by molar-refractivity contribution is 5.65. The zero-order valence-electron chi connectivity index (χ0n) is 10.0. The van der Waals surface area contributed by atoms with Gasteiger partial charge in [0.2, 0.25) is 0 Å². The van der Waals surface area contributed by atoms with E-state index in [1.165, 1.54) is 18.5 Å². The molecule has 0 unspecified atom stereocenters. The standard InChI is InChI=1S/C14H16N2O/c1-17-13-8-3-2-7-12(13)14-15-10-11-6-4-5-9-16(11)14/h2-3,7-8,10H,4-6,9H2,1H3. The van der Waals surface area contributed by atoms with Crippen molar-refractivity contribution in [3.05, 3.63) is 36.2 Å². The van der Waals surface area contributed by atoms with Crippen LogP contribution in [0.15, 0.2) is 30.5 Å². The van der Waals surface area contributed by atoms with E-state index in [1.54, 1.807) is 7.11 Å². The lowest BCUT2D eigenvalue weighted by atomic mass is 10.1. The normalized spacial score (nSPS) is 14.4. The highest BCUT2D eigenvalue weighted by atomic mass is 16.5. The third-order valence-electron chi connectivity index (χ3n) is 3.35. The zero-order chi connectivity index (χ0) is 11.7. The molecule has 0 atom stereocenters. The molecule has 0 saturated heterocycles. The molecule has 2 heterocycles. The first kappa shape index (κ1) is 10.4. The number of methoxy groups -OCH3 is 1. The molecule has 0 radical (unpaired) electrons. The van der Waals surface area contributed by atoms with Gasteiger partial charge in [0.25, 0.3) is 0 Å². The summed E-state index contributed by atoms with van der Waals surface area (Å²) in [5, 5.41) is 0. The quantitative estimate of drug-likeness (QED) is 0.790. The van der Waals surface area contributed by atoms with E-state index in [1.807, 2.05) is 24.4 Å². The van der Waals surface area contributed by atoms with Crippen LogP contribution in [0.1, 0.15) is 18.5 Å². The van der Waals surface area contributed by atoms with Crippen LogP contribution in [0.25, 0.3) is 11.4 Å². The van der Waals surface area contributed by atoms with Gasteiger partial charge in [-0.2, -0.15) is 0 Å². The van der Waals surface area contributed by atoms with Crippen molar-refractivity contribution in [1.29, 1.82) is 0 Å². The Morgan fingerprint density at radius 1 is 1.24 bits per heavy atom. The van der Waals surface area contributed by atoms with Gasteiger partial charge in [-0.25, -0.2) is 4.98 Å². The van der Waals surface area contributed by atoms with Gasteiger partial charge in [-0.15, -0.1) is 0 Å². The van der Waals surface area contributed by atoms with Gasteiger partial charge in [-0.1, -0.05) is 12.1 Å². The van der Waals surface area contributed by atoms with Gasteiger partial charge in [-0.05, 0) is 31.4 Å². The lowest BCUT2D eigenvalue weighted by Gasteiger charge is -2.17. The van der Waals surface area contributed by atoms with Gasteiger partial charge in [0.15, 0.2) is 0 Å². The Morgan fingerprint density at radius 2 is 2.12 bits per heavy atom. The number of fused-ring (bicyclic) bond motifs is 1. The predicted octanol–water partition coefficient (Wildman–Crippen LogP) is 2.90. The summed E-state index contributed by atoms with van der Waals surface area (Å²) in [5.41, 5.74) is 2.43. The maximum Gasteiger partial charge on any atom is 0.143 e. The van der Waals surface area contributed by atoms with Gasteiger partial charge in [-0.3, -0.25) is 0 Å². The summed E-state index contributed by atoms with van der Waals surface area (Å²) in [6.07, 6.45) is 5.66. The van der Waals surface area contributed by atoms with E-state index in [4.69, 9.17) is 4.74 Å². The smallest absolute Gasteiger partial charge is 0.143 e. The molecular formula is C14H16N2O. The molecule has 0 spiro atoms. The Balaban J connectivity index is 2.12. The molecule has 1 aliphatic heterocycles. The number of imidazole rings is 1. The van der Waals surface area contributed by atoms with Crippen LogP contribution in [-0.4, -0.2) is 16.7 Å². The largest absolute Gasteiger partial charge is 0.496 e. The van der Waals surface area contributed by atoms with Crippen molar-refractivity contribution in [2.24, 2.45) is 0 Å². The molecule has 0 aliphatic carbocycles. The maximum atomic E-state index is 5.41. The first-order chi connectivity index (χ1) is 8.40. The van der Waals surface area contributed by atoms with Crippen LogP contribution in [0.2, 0.25) is 0 Å². The molecule has 0 bridgehead atoms. The molecule has 3 rings (SSSR count). The number of hydrogen-bond acceptors (Lipinski definition) is 2. The lowest BCUT2D eigenvalue weighted by Crippen LogP contribution is -2.10. The number of aromatic nitrogens is 2. The Kier molecular flexibility index (Phi) is 2.59. The van der Waals surface area contributed by atoms with E-state index in [9.17, 15) is 0 Å². The Bertz CT molecular complexity index is 531. The van der Waals surface area contributed by atoms with Crippen molar-refractivity contribution in [1.82, 2.24) is 9.55 Å². The fourth-order valence-electron chi connectivity index (χ4n) is 2.48. The minimum atomic E-state index is 0.895. The van der Waals surface area contributed by atoms with E-state index in [-0.39, 0.29) is 0 Å². The summed E-state index contributed by atoms with van der Waals surface area (Å²) >= 11 is 0. The van der Waals surface area contributed by atoms with E-state index >= 15 is 0 Å². The molecule has 1 aromatic heterocycles. The molecule has 88 valence electrons.